The van der Waals surface area contributed by atoms with Crippen molar-refractivity contribution >= 4 is 37.9 Å². The summed E-state index contributed by atoms with van der Waals surface area (Å²) < 4.78 is 27.7. The van der Waals surface area contributed by atoms with Gasteiger partial charge in [0.15, 0.2) is 5.65 Å². The van der Waals surface area contributed by atoms with Gasteiger partial charge in [-0.05, 0) is 43.7 Å². The van der Waals surface area contributed by atoms with Crippen molar-refractivity contribution < 1.29 is 13.5 Å². The second-order valence-corrected chi connectivity index (χ2v) is 10.6. The third-order valence-electron chi connectivity index (χ3n) is 5.74. The molecule has 0 bridgehead atoms. The van der Waals surface area contributed by atoms with Gasteiger partial charge in [0, 0.05) is 23.0 Å². The molecule has 0 aliphatic rings. The van der Waals surface area contributed by atoms with Gasteiger partial charge in [-0.25, -0.2) is 23.4 Å². The van der Waals surface area contributed by atoms with Gasteiger partial charge in [-0.3, -0.25) is 4.72 Å². The molecule has 5 aromatic rings. The lowest BCUT2D eigenvalue weighted by Crippen LogP contribution is -2.29. The number of rotatable bonds is 6. The number of nitrogens with zero attached hydrogens (tertiary/aromatic N) is 4. The van der Waals surface area contributed by atoms with E-state index < -0.39 is 15.6 Å². The summed E-state index contributed by atoms with van der Waals surface area (Å²) in [7, 11) is -3.39. The van der Waals surface area contributed by atoms with Crippen molar-refractivity contribution in [1.82, 2.24) is 24.5 Å². The number of aliphatic hydroxyl groups excluding tert-OH is 1. The summed E-state index contributed by atoms with van der Waals surface area (Å²) in [6.45, 7) is 3.89. The zero-order chi connectivity index (χ0) is 24.1. The van der Waals surface area contributed by atoms with Gasteiger partial charge in [0.1, 0.15) is 5.52 Å². The Hall–Kier alpha value is -3.76. The number of H-pyrrole nitrogens is 1. The Morgan fingerprint density at radius 1 is 1.12 bits per heavy atom. The molecular weight excluding hydrogens is 452 g/mol. The van der Waals surface area contributed by atoms with E-state index in [2.05, 4.69) is 19.7 Å². The van der Waals surface area contributed by atoms with E-state index >= 15 is 0 Å². The van der Waals surface area contributed by atoms with Crippen molar-refractivity contribution in [3.8, 4) is 22.4 Å². The minimum Gasteiger partial charge on any atom is -0.394 e. The third kappa shape index (κ3) is 4.02. The molecule has 3 heterocycles. The summed E-state index contributed by atoms with van der Waals surface area (Å²) in [4.78, 5) is 17.0. The van der Waals surface area contributed by atoms with Gasteiger partial charge in [0.2, 0.25) is 10.0 Å². The van der Waals surface area contributed by atoms with Crippen molar-refractivity contribution in [2.24, 2.45) is 0 Å². The maximum atomic E-state index is 11.6. The van der Waals surface area contributed by atoms with Crippen LogP contribution in [0.5, 0.6) is 0 Å². The van der Waals surface area contributed by atoms with Crippen LogP contribution in [0, 0.1) is 0 Å². The van der Waals surface area contributed by atoms with E-state index in [-0.39, 0.29) is 6.61 Å². The van der Waals surface area contributed by atoms with Gasteiger partial charge in [0.25, 0.3) is 0 Å². The zero-order valence-electron chi connectivity index (χ0n) is 18.9. The van der Waals surface area contributed by atoms with E-state index in [4.69, 9.17) is 4.98 Å². The number of nitrogens with one attached hydrogen (secondary N) is 2. The molecule has 174 valence electrons. The van der Waals surface area contributed by atoms with E-state index in [0.717, 1.165) is 34.0 Å². The van der Waals surface area contributed by atoms with Crippen LogP contribution in [0.15, 0.2) is 61.2 Å². The average molecular weight is 477 g/mol. The van der Waals surface area contributed by atoms with E-state index in [1.54, 1.807) is 30.7 Å². The molecule has 0 saturated carbocycles. The van der Waals surface area contributed by atoms with E-state index in [9.17, 15) is 13.5 Å². The van der Waals surface area contributed by atoms with Gasteiger partial charge in [-0.2, -0.15) is 0 Å². The molecule has 0 fully saturated rings. The van der Waals surface area contributed by atoms with Gasteiger partial charge in [-0.15, -0.1) is 0 Å². The summed E-state index contributed by atoms with van der Waals surface area (Å²) in [5.41, 5.74) is 6.25. The topological polar surface area (TPSA) is 126 Å². The van der Waals surface area contributed by atoms with Crippen LogP contribution < -0.4 is 4.72 Å². The molecule has 0 radical (unpaired) electrons. The second kappa shape index (κ2) is 7.93. The molecule has 0 atom stereocenters. The monoisotopic (exact) mass is 476 g/mol. The standard InChI is InChI=1S/C24H24N6O3S/c1-24(2,13-31)30-14-27-19-8-7-15(10-21(19)30)18-11-25-23-22(18)28-20(12-26-23)16-5-4-6-17(9-16)29-34(3,32)33/h4-12,14,29,31H,13H2,1-3H3,(H,25,26). The number of hydrogen-bond acceptors (Lipinski definition) is 6. The van der Waals surface area contributed by atoms with Crippen LogP contribution in [0.1, 0.15) is 13.8 Å². The maximum Gasteiger partial charge on any atom is 0.229 e. The summed E-state index contributed by atoms with van der Waals surface area (Å²) in [5.74, 6) is 0. The molecular formula is C24H24N6O3S. The Morgan fingerprint density at radius 2 is 1.94 bits per heavy atom. The lowest BCUT2D eigenvalue weighted by Gasteiger charge is -2.24. The highest BCUT2D eigenvalue weighted by Crippen LogP contribution is 2.32. The summed E-state index contributed by atoms with van der Waals surface area (Å²) in [6.07, 6.45) is 6.39. The molecule has 5 rings (SSSR count). The molecule has 2 aromatic carbocycles. The average Bonchev–Trinajstić information content (AvgIpc) is 3.41. The quantitative estimate of drug-likeness (QED) is 0.343. The summed E-state index contributed by atoms with van der Waals surface area (Å²) in [6, 6.07) is 13.0. The fraction of sp³-hybridized carbons (Fsp3) is 0.208. The van der Waals surface area contributed by atoms with E-state index in [0.29, 0.717) is 22.5 Å². The molecule has 9 nitrogen and oxygen atoms in total. The van der Waals surface area contributed by atoms with Crippen LogP contribution in [0.4, 0.5) is 5.69 Å². The van der Waals surface area contributed by atoms with Crippen LogP contribution in [-0.4, -0.2) is 50.9 Å². The van der Waals surface area contributed by atoms with Crippen LogP contribution in [0.3, 0.4) is 0 Å². The second-order valence-electron chi connectivity index (χ2n) is 8.90. The summed E-state index contributed by atoms with van der Waals surface area (Å²) in [5, 5.41) is 9.83. The van der Waals surface area contributed by atoms with Crippen molar-refractivity contribution in [3.05, 3.63) is 61.2 Å². The molecule has 3 N–H and O–H groups in total. The normalized spacial score (nSPS) is 12.5. The van der Waals surface area contributed by atoms with Crippen molar-refractivity contribution in [3.63, 3.8) is 0 Å². The fourth-order valence-electron chi connectivity index (χ4n) is 3.94. The van der Waals surface area contributed by atoms with Crippen LogP contribution in [0.2, 0.25) is 0 Å². The molecule has 0 spiro atoms. The molecule has 0 aliphatic heterocycles. The first-order valence-electron chi connectivity index (χ1n) is 10.7. The van der Waals surface area contributed by atoms with Crippen LogP contribution in [0.25, 0.3) is 44.6 Å². The number of hydrogen-bond donors (Lipinski definition) is 3. The number of aromatic nitrogens is 5. The molecule has 0 saturated heterocycles. The molecule has 0 aliphatic carbocycles. The van der Waals surface area contributed by atoms with Crippen molar-refractivity contribution in [2.75, 3.05) is 17.6 Å². The fourth-order valence-corrected chi connectivity index (χ4v) is 4.50. The number of sulfonamides is 1. The Labute approximate surface area is 196 Å². The number of fused-ring (bicyclic) bond motifs is 2. The highest BCUT2D eigenvalue weighted by Gasteiger charge is 2.22. The lowest BCUT2D eigenvalue weighted by atomic mass is 10.0. The predicted octanol–water partition coefficient (Wildman–Crippen LogP) is 3.74. The predicted molar refractivity (Wildman–Crippen MR) is 133 cm³/mol. The van der Waals surface area contributed by atoms with E-state index in [1.165, 1.54) is 0 Å². The van der Waals surface area contributed by atoms with E-state index in [1.807, 2.05) is 48.9 Å². The number of imidazole rings is 1. The number of anilines is 1. The molecule has 34 heavy (non-hydrogen) atoms. The first-order chi connectivity index (χ1) is 16.1. The summed E-state index contributed by atoms with van der Waals surface area (Å²) >= 11 is 0. The minimum absolute atomic E-state index is 0.0160. The number of aliphatic hydroxyl groups is 1. The zero-order valence-corrected chi connectivity index (χ0v) is 19.8. The van der Waals surface area contributed by atoms with Crippen LogP contribution in [-0.2, 0) is 15.6 Å². The molecule has 10 heteroatoms. The Kier molecular flexibility index (Phi) is 5.14. The van der Waals surface area contributed by atoms with Gasteiger partial charge >= 0.3 is 0 Å². The first kappa shape index (κ1) is 22.1. The highest BCUT2D eigenvalue weighted by molar-refractivity contribution is 7.92. The van der Waals surface area contributed by atoms with Crippen molar-refractivity contribution in [1.29, 1.82) is 0 Å². The smallest absolute Gasteiger partial charge is 0.229 e. The Morgan fingerprint density at radius 3 is 2.71 bits per heavy atom. The van der Waals surface area contributed by atoms with Gasteiger partial charge in [0.05, 0.1) is 47.7 Å². The van der Waals surface area contributed by atoms with Gasteiger partial charge < -0.3 is 14.7 Å². The molecule has 0 unspecified atom stereocenters. The van der Waals surface area contributed by atoms with Crippen molar-refractivity contribution in [2.45, 2.75) is 19.4 Å². The largest absolute Gasteiger partial charge is 0.394 e. The molecule has 3 aromatic heterocycles. The highest BCUT2D eigenvalue weighted by atomic mass is 32.2. The Bertz CT molecular complexity index is 1640. The SMILES string of the molecule is CC(C)(CO)n1cnc2ccc(-c3c[nH]c4ncc(-c5cccc(NS(C)(=O)=O)c5)nc34)cc21. The minimum atomic E-state index is -3.39. The van der Waals surface area contributed by atoms with Gasteiger partial charge in [-0.1, -0.05) is 18.2 Å². The molecule has 0 amide bonds. The number of aromatic amines is 1. The third-order valence-corrected chi connectivity index (χ3v) is 6.35. The first-order valence-corrected chi connectivity index (χ1v) is 12.5. The maximum absolute atomic E-state index is 11.6. The number of benzene rings is 2. The lowest BCUT2D eigenvalue weighted by molar-refractivity contribution is 0.168. The van der Waals surface area contributed by atoms with Crippen LogP contribution >= 0.6 is 0 Å². The Balaban J connectivity index is 1.60.